The van der Waals surface area contributed by atoms with Crippen LogP contribution in [0.5, 0.6) is 5.75 Å². The van der Waals surface area contributed by atoms with Gasteiger partial charge >= 0.3 is 0 Å². The Morgan fingerprint density at radius 2 is 2.11 bits per heavy atom. The van der Waals surface area contributed by atoms with E-state index in [0.717, 1.165) is 22.6 Å². The Morgan fingerprint density at radius 3 is 2.82 bits per heavy atom. The minimum atomic E-state index is -0.313. The standard InChI is InChI=1S/C22H22FN3O2/c1-14(26-10-9-24-15(26)2)16-3-6-19(7-4-16)25-22(27)11-17-13-28-21-8-5-18(23)12-20(17)21/h3-10,12,14,17H,11,13H2,1-2H3,(H,25,27)/t14-,17-/m0/s1. The summed E-state index contributed by atoms with van der Waals surface area (Å²) >= 11 is 0. The Balaban J connectivity index is 1.39. The summed E-state index contributed by atoms with van der Waals surface area (Å²) in [4.78, 5) is 16.7. The lowest BCUT2D eigenvalue weighted by atomic mass is 9.97. The van der Waals surface area contributed by atoms with E-state index in [4.69, 9.17) is 4.74 Å². The molecule has 28 heavy (non-hydrogen) atoms. The van der Waals surface area contributed by atoms with Crippen molar-refractivity contribution in [3.63, 3.8) is 0 Å². The summed E-state index contributed by atoms with van der Waals surface area (Å²) < 4.78 is 21.1. The molecule has 0 unspecified atom stereocenters. The summed E-state index contributed by atoms with van der Waals surface area (Å²) in [5, 5.41) is 2.92. The minimum Gasteiger partial charge on any atom is -0.493 e. The van der Waals surface area contributed by atoms with Crippen LogP contribution in [0.3, 0.4) is 0 Å². The number of imidazole rings is 1. The maximum Gasteiger partial charge on any atom is 0.225 e. The van der Waals surface area contributed by atoms with Crippen molar-refractivity contribution in [3.05, 3.63) is 77.6 Å². The van der Waals surface area contributed by atoms with Crippen molar-refractivity contribution in [3.8, 4) is 5.75 Å². The highest BCUT2D eigenvalue weighted by Crippen LogP contribution is 2.36. The molecule has 2 atom stereocenters. The number of fused-ring (bicyclic) bond motifs is 1. The monoisotopic (exact) mass is 379 g/mol. The van der Waals surface area contributed by atoms with Gasteiger partial charge in [-0.1, -0.05) is 12.1 Å². The van der Waals surface area contributed by atoms with Gasteiger partial charge in [0.15, 0.2) is 0 Å². The van der Waals surface area contributed by atoms with Crippen LogP contribution in [0.4, 0.5) is 10.1 Å². The van der Waals surface area contributed by atoms with E-state index in [1.165, 1.54) is 12.1 Å². The average Bonchev–Trinajstić information content (AvgIpc) is 3.28. The molecule has 3 aromatic rings. The Hall–Kier alpha value is -3.15. The first kappa shape index (κ1) is 18.2. The molecule has 0 aliphatic carbocycles. The zero-order valence-corrected chi connectivity index (χ0v) is 15.9. The second-order valence-corrected chi connectivity index (χ2v) is 7.12. The van der Waals surface area contributed by atoms with Gasteiger partial charge in [-0.15, -0.1) is 0 Å². The van der Waals surface area contributed by atoms with E-state index in [2.05, 4.69) is 21.8 Å². The number of ether oxygens (including phenoxy) is 1. The van der Waals surface area contributed by atoms with Crippen LogP contribution in [0.2, 0.25) is 0 Å². The molecule has 1 aromatic heterocycles. The SMILES string of the molecule is Cc1nccn1[C@@H](C)c1ccc(NC(=O)C[C@H]2COc3ccc(F)cc32)cc1. The summed E-state index contributed by atoms with van der Waals surface area (Å²) in [6, 6.07) is 12.4. The molecule has 0 saturated carbocycles. The van der Waals surface area contributed by atoms with Gasteiger partial charge < -0.3 is 14.6 Å². The van der Waals surface area contributed by atoms with Gasteiger partial charge in [0.05, 0.1) is 12.6 Å². The Labute approximate surface area is 163 Å². The van der Waals surface area contributed by atoms with Crippen molar-refractivity contribution < 1.29 is 13.9 Å². The number of hydrogen-bond acceptors (Lipinski definition) is 3. The van der Waals surface area contributed by atoms with Gasteiger partial charge in [0.25, 0.3) is 0 Å². The Bertz CT molecular complexity index is 997. The molecule has 0 fully saturated rings. The predicted molar refractivity (Wildman–Crippen MR) is 105 cm³/mol. The van der Waals surface area contributed by atoms with Crippen LogP contribution in [0.15, 0.2) is 54.9 Å². The fourth-order valence-corrected chi connectivity index (χ4v) is 3.66. The number of nitrogens with one attached hydrogen (secondary N) is 1. The van der Waals surface area contributed by atoms with Crippen LogP contribution in [0.1, 0.15) is 42.3 Å². The number of aromatic nitrogens is 2. The van der Waals surface area contributed by atoms with E-state index in [1.54, 1.807) is 12.3 Å². The largest absolute Gasteiger partial charge is 0.493 e. The second-order valence-electron chi connectivity index (χ2n) is 7.12. The van der Waals surface area contributed by atoms with Crippen molar-refractivity contribution in [2.75, 3.05) is 11.9 Å². The van der Waals surface area contributed by atoms with E-state index in [1.807, 2.05) is 37.4 Å². The zero-order valence-electron chi connectivity index (χ0n) is 15.9. The number of benzene rings is 2. The summed E-state index contributed by atoms with van der Waals surface area (Å²) in [7, 11) is 0. The normalized spacial score (nSPS) is 16.3. The number of aryl methyl sites for hydroxylation is 1. The first-order valence-electron chi connectivity index (χ1n) is 9.33. The first-order valence-corrected chi connectivity index (χ1v) is 9.33. The average molecular weight is 379 g/mol. The van der Waals surface area contributed by atoms with Gasteiger partial charge in [-0.2, -0.15) is 0 Å². The van der Waals surface area contributed by atoms with Gasteiger partial charge in [0.1, 0.15) is 17.4 Å². The lowest BCUT2D eigenvalue weighted by Crippen LogP contribution is -2.16. The van der Waals surface area contributed by atoms with E-state index in [9.17, 15) is 9.18 Å². The summed E-state index contributed by atoms with van der Waals surface area (Å²) in [6.45, 7) is 4.48. The van der Waals surface area contributed by atoms with Crippen LogP contribution in [0.25, 0.3) is 0 Å². The fourth-order valence-electron chi connectivity index (χ4n) is 3.66. The molecular formula is C22H22FN3O2. The van der Waals surface area contributed by atoms with E-state index in [-0.39, 0.29) is 30.1 Å². The fraction of sp³-hybridized carbons (Fsp3) is 0.273. The highest BCUT2D eigenvalue weighted by Gasteiger charge is 2.26. The molecule has 0 bridgehead atoms. The maximum atomic E-state index is 13.5. The van der Waals surface area contributed by atoms with Crippen LogP contribution in [-0.2, 0) is 4.79 Å². The number of nitrogens with zero attached hydrogens (tertiary/aromatic N) is 2. The van der Waals surface area contributed by atoms with Gasteiger partial charge in [-0.25, -0.2) is 9.37 Å². The lowest BCUT2D eigenvalue weighted by molar-refractivity contribution is -0.116. The first-order chi connectivity index (χ1) is 13.5. The molecule has 2 heterocycles. The van der Waals surface area contributed by atoms with Crippen molar-refractivity contribution in [1.29, 1.82) is 0 Å². The molecule has 2 aromatic carbocycles. The van der Waals surface area contributed by atoms with E-state index < -0.39 is 0 Å². The Morgan fingerprint density at radius 1 is 1.32 bits per heavy atom. The third-order valence-electron chi connectivity index (χ3n) is 5.24. The predicted octanol–water partition coefficient (Wildman–Crippen LogP) is 4.44. The summed E-state index contributed by atoms with van der Waals surface area (Å²) in [5.41, 5.74) is 2.63. The molecule has 0 radical (unpaired) electrons. The number of anilines is 1. The van der Waals surface area contributed by atoms with Crippen LogP contribution >= 0.6 is 0 Å². The molecule has 1 N–H and O–H groups in total. The Kier molecular flexibility index (Phi) is 4.86. The number of hydrogen-bond donors (Lipinski definition) is 1. The van der Waals surface area contributed by atoms with Crippen molar-refractivity contribution >= 4 is 11.6 Å². The highest BCUT2D eigenvalue weighted by molar-refractivity contribution is 5.91. The number of halogens is 1. The molecular weight excluding hydrogens is 357 g/mol. The van der Waals surface area contributed by atoms with Gasteiger partial charge in [0, 0.05) is 36.0 Å². The molecule has 1 aliphatic heterocycles. The van der Waals surface area contributed by atoms with E-state index in [0.29, 0.717) is 12.4 Å². The third kappa shape index (κ3) is 3.63. The van der Waals surface area contributed by atoms with Gasteiger partial charge in [-0.05, 0) is 49.7 Å². The van der Waals surface area contributed by atoms with E-state index >= 15 is 0 Å². The van der Waals surface area contributed by atoms with Crippen LogP contribution in [0, 0.1) is 12.7 Å². The smallest absolute Gasteiger partial charge is 0.225 e. The van der Waals surface area contributed by atoms with Gasteiger partial charge in [-0.3, -0.25) is 4.79 Å². The minimum absolute atomic E-state index is 0.114. The zero-order chi connectivity index (χ0) is 19.7. The van der Waals surface area contributed by atoms with Crippen LogP contribution in [-0.4, -0.2) is 22.1 Å². The summed E-state index contributed by atoms with van der Waals surface area (Å²) in [5.74, 6) is 1.06. The topological polar surface area (TPSA) is 56.2 Å². The third-order valence-corrected chi connectivity index (χ3v) is 5.24. The van der Waals surface area contributed by atoms with Gasteiger partial charge in [0.2, 0.25) is 5.91 Å². The molecule has 4 rings (SSSR count). The van der Waals surface area contributed by atoms with Crippen molar-refractivity contribution in [1.82, 2.24) is 9.55 Å². The molecule has 144 valence electrons. The molecule has 1 amide bonds. The molecule has 0 saturated heterocycles. The van der Waals surface area contributed by atoms with Crippen molar-refractivity contribution in [2.45, 2.75) is 32.2 Å². The van der Waals surface area contributed by atoms with Crippen LogP contribution < -0.4 is 10.1 Å². The lowest BCUT2D eigenvalue weighted by Gasteiger charge is -2.16. The molecule has 0 spiro atoms. The molecule has 1 aliphatic rings. The quantitative estimate of drug-likeness (QED) is 0.713. The molecule has 6 heteroatoms. The maximum absolute atomic E-state index is 13.5. The second kappa shape index (κ2) is 7.46. The number of carbonyl (C=O) groups is 1. The number of carbonyl (C=O) groups excluding carboxylic acids is 1. The number of amides is 1. The van der Waals surface area contributed by atoms with Crippen molar-refractivity contribution in [2.24, 2.45) is 0 Å². The molecule has 5 nitrogen and oxygen atoms in total. The summed E-state index contributed by atoms with van der Waals surface area (Å²) in [6.07, 6.45) is 4.00. The highest BCUT2D eigenvalue weighted by atomic mass is 19.1. The number of rotatable bonds is 5.